The second-order valence-electron chi connectivity index (χ2n) is 7.19. The molecular formula is C23H21NO5. The quantitative estimate of drug-likeness (QED) is 0.491. The van der Waals surface area contributed by atoms with Crippen LogP contribution in [-0.2, 0) is 13.1 Å². The molecule has 6 nitrogen and oxygen atoms in total. The Balaban J connectivity index is 1.74. The molecule has 0 fully saturated rings. The lowest BCUT2D eigenvalue weighted by Crippen LogP contribution is -2.30. The molecule has 0 atom stereocenters. The zero-order chi connectivity index (χ0) is 20.5. The molecule has 0 unspecified atom stereocenters. The predicted molar refractivity (Wildman–Crippen MR) is 108 cm³/mol. The van der Waals surface area contributed by atoms with E-state index in [2.05, 4.69) is 0 Å². The lowest BCUT2D eigenvalue weighted by atomic mass is 10.1. The fraction of sp³-hybridized carbons (Fsp3) is 0.217. The van der Waals surface area contributed by atoms with Crippen LogP contribution in [0.25, 0.3) is 11.0 Å². The minimum Gasteiger partial charge on any atom is -0.467 e. The van der Waals surface area contributed by atoms with E-state index in [1.165, 1.54) is 11.0 Å². The molecular weight excluding hydrogens is 370 g/mol. The Morgan fingerprint density at radius 3 is 2.45 bits per heavy atom. The zero-order valence-corrected chi connectivity index (χ0v) is 16.5. The summed E-state index contributed by atoms with van der Waals surface area (Å²) < 4.78 is 16.9. The summed E-state index contributed by atoms with van der Waals surface area (Å²) in [6.07, 6.45) is 1.55. The molecule has 3 aromatic heterocycles. The maximum Gasteiger partial charge on any atom is 0.290 e. The summed E-state index contributed by atoms with van der Waals surface area (Å²) in [5.74, 6) is 1.60. The lowest BCUT2D eigenvalue weighted by Gasteiger charge is -2.20. The third kappa shape index (κ3) is 3.87. The van der Waals surface area contributed by atoms with Gasteiger partial charge in [-0.1, -0.05) is 6.07 Å². The first-order valence-corrected chi connectivity index (χ1v) is 9.33. The number of hydrogen-bond donors (Lipinski definition) is 0. The van der Waals surface area contributed by atoms with Gasteiger partial charge < -0.3 is 18.2 Å². The molecule has 4 aromatic rings. The van der Waals surface area contributed by atoms with E-state index in [0.717, 1.165) is 16.9 Å². The number of fused-ring (bicyclic) bond motifs is 1. The van der Waals surface area contributed by atoms with E-state index in [4.69, 9.17) is 13.3 Å². The number of benzene rings is 1. The first kappa shape index (κ1) is 18.8. The van der Waals surface area contributed by atoms with Gasteiger partial charge in [0.05, 0.1) is 24.7 Å². The van der Waals surface area contributed by atoms with Crippen LogP contribution in [0.5, 0.6) is 0 Å². The number of carbonyl (C=O) groups excluding carboxylic acids is 1. The highest BCUT2D eigenvalue weighted by molar-refractivity contribution is 5.93. The smallest absolute Gasteiger partial charge is 0.290 e. The minimum atomic E-state index is -0.408. The van der Waals surface area contributed by atoms with E-state index < -0.39 is 5.91 Å². The first-order valence-electron chi connectivity index (χ1n) is 9.33. The van der Waals surface area contributed by atoms with Gasteiger partial charge in [0.2, 0.25) is 0 Å². The Morgan fingerprint density at radius 2 is 1.76 bits per heavy atom. The van der Waals surface area contributed by atoms with Crippen LogP contribution >= 0.6 is 0 Å². The Morgan fingerprint density at radius 1 is 0.966 bits per heavy atom. The van der Waals surface area contributed by atoms with Crippen molar-refractivity contribution in [2.24, 2.45) is 0 Å². The van der Waals surface area contributed by atoms with Crippen LogP contribution in [0.3, 0.4) is 0 Å². The number of nitrogens with zero attached hydrogens (tertiary/aromatic N) is 1. The molecule has 6 heteroatoms. The average Bonchev–Trinajstić information content (AvgIpc) is 3.33. The van der Waals surface area contributed by atoms with Crippen LogP contribution in [0.2, 0.25) is 0 Å². The van der Waals surface area contributed by atoms with Gasteiger partial charge in [0.1, 0.15) is 22.9 Å². The average molecular weight is 391 g/mol. The van der Waals surface area contributed by atoms with E-state index in [1.807, 2.05) is 39.0 Å². The van der Waals surface area contributed by atoms with Gasteiger partial charge in [0.25, 0.3) is 5.91 Å². The highest BCUT2D eigenvalue weighted by Crippen LogP contribution is 2.21. The monoisotopic (exact) mass is 391 g/mol. The molecule has 0 radical (unpaired) electrons. The highest BCUT2D eigenvalue weighted by Gasteiger charge is 2.23. The number of furan rings is 2. The van der Waals surface area contributed by atoms with Crippen molar-refractivity contribution >= 4 is 16.9 Å². The molecule has 29 heavy (non-hydrogen) atoms. The van der Waals surface area contributed by atoms with Gasteiger partial charge >= 0.3 is 0 Å². The van der Waals surface area contributed by atoms with E-state index in [9.17, 15) is 9.59 Å². The van der Waals surface area contributed by atoms with Gasteiger partial charge in [-0.25, -0.2) is 0 Å². The van der Waals surface area contributed by atoms with E-state index >= 15 is 0 Å². The second-order valence-corrected chi connectivity index (χ2v) is 7.19. The molecule has 0 saturated carbocycles. The summed E-state index contributed by atoms with van der Waals surface area (Å²) in [6.45, 7) is 6.07. The summed E-state index contributed by atoms with van der Waals surface area (Å²) >= 11 is 0. The van der Waals surface area contributed by atoms with Crippen LogP contribution in [0, 0.1) is 20.8 Å². The lowest BCUT2D eigenvalue weighted by molar-refractivity contribution is 0.0672. The highest BCUT2D eigenvalue weighted by atomic mass is 16.4. The number of amides is 1. The number of hydrogen-bond acceptors (Lipinski definition) is 5. The van der Waals surface area contributed by atoms with Crippen molar-refractivity contribution in [2.45, 2.75) is 33.9 Å². The molecule has 4 rings (SSSR count). The van der Waals surface area contributed by atoms with Crippen LogP contribution in [0.1, 0.15) is 39.0 Å². The van der Waals surface area contributed by atoms with Gasteiger partial charge in [0, 0.05) is 6.07 Å². The number of rotatable bonds is 5. The molecule has 0 aliphatic rings. The molecule has 0 aliphatic heterocycles. The molecule has 0 saturated heterocycles. The minimum absolute atomic E-state index is 0.00992. The third-order valence-electron chi connectivity index (χ3n) is 4.73. The zero-order valence-electron chi connectivity index (χ0n) is 16.5. The Kier molecular flexibility index (Phi) is 4.84. The van der Waals surface area contributed by atoms with Gasteiger partial charge in [-0.05, 0) is 62.2 Å². The van der Waals surface area contributed by atoms with Gasteiger partial charge in [0.15, 0.2) is 11.2 Å². The third-order valence-corrected chi connectivity index (χ3v) is 4.73. The predicted octanol–water partition coefficient (Wildman–Crippen LogP) is 4.75. The Hall–Kier alpha value is -3.54. The number of carbonyl (C=O) groups is 1. The summed E-state index contributed by atoms with van der Waals surface area (Å²) in [7, 11) is 0. The molecule has 0 aliphatic carbocycles. The summed E-state index contributed by atoms with van der Waals surface area (Å²) in [6, 6.07) is 12.2. The SMILES string of the molecule is Cc1cc(C)c2oc(C(=O)N(Cc3ccco3)Cc3ccc(C)o3)cc(=O)c2c1. The van der Waals surface area contributed by atoms with Crippen molar-refractivity contribution in [3.8, 4) is 0 Å². The molecule has 0 bridgehead atoms. The van der Waals surface area contributed by atoms with Crippen molar-refractivity contribution in [2.75, 3.05) is 0 Å². The maximum atomic E-state index is 13.3. The first-order chi connectivity index (χ1) is 13.9. The van der Waals surface area contributed by atoms with Gasteiger partial charge in [-0.2, -0.15) is 0 Å². The molecule has 0 N–H and O–H groups in total. The maximum absolute atomic E-state index is 13.3. The van der Waals surface area contributed by atoms with Crippen molar-refractivity contribution in [1.82, 2.24) is 4.90 Å². The van der Waals surface area contributed by atoms with Gasteiger partial charge in [-0.3, -0.25) is 9.59 Å². The summed E-state index contributed by atoms with van der Waals surface area (Å²) in [4.78, 5) is 27.4. The van der Waals surface area contributed by atoms with Crippen LogP contribution < -0.4 is 5.43 Å². The van der Waals surface area contributed by atoms with Crippen LogP contribution in [0.15, 0.2) is 66.8 Å². The largest absolute Gasteiger partial charge is 0.467 e. The van der Waals surface area contributed by atoms with Gasteiger partial charge in [-0.15, -0.1) is 0 Å². The van der Waals surface area contributed by atoms with Crippen molar-refractivity contribution in [3.05, 3.63) is 93.1 Å². The van der Waals surface area contributed by atoms with E-state index in [1.54, 1.807) is 24.5 Å². The van der Waals surface area contributed by atoms with Crippen molar-refractivity contribution in [1.29, 1.82) is 0 Å². The number of aryl methyl sites for hydroxylation is 3. The standard InChI is InChI=1S/C23H21NO5/c1-14-9-15(2)22-19(10-14)20(25)11-21(29-22)23(26)24(12-17-5-4-8-27-17)13-18-7-6-16(3)28-18/h4-11H,12-13H2,1-3H3. The van der Waals surface area contributed by atoms with E-state index in [-0.39, 0.29) is 24.3 Å². The molecule has 148 valence electrons. The fourth-order valence-electron chi connectivity index (χ4n) is 3.42. The van der Waals surface area contributed by atoms with Crippen molar-refractivity contribution < 1.29 is 18.0 Å². The molecule has 1 aromatic carbocycles. The molecule has 3 heterocycles. The summed E-state index contributed by atoms with van der Waals surface area (Å²) in [5, 5.41) is 0.471. The van der Waals surface area contributed by atoms with E-state index in [0.29, 0.717) is 22.5 Å². The van der Waals surface area contributed by atoms with Crippen LogP contribution in [0.4, 0.5) is 0 Å². The summed E-state index contributed by atoms with van der Waals surface area (Å²) in [5.41, 5.74) is 1.96. The molecule has 1 amide bonds. The second kappa shape index (κ2) is 7.47. The fourth-order valence-corrected chi connectivity index (χ4v) is 3.42. The van der Waals surface area contributed by atoms with Crippen LogP contribution in [-0.4, -0.2) is 10.8 Å². The topological polar surface area (TPSA) is 76.8 Å². The van der Waals surface area contributed by atoms with Crippen molar-refractivity contribution in [3.63, 3.8) is 0 Å². The molecule has 0 spiro atoms. The Labute approximate surface area is 167 Å². The normalized spacial score (nSPS) is 11.1. The Bertz CT molecular complexity index is 1230.